The number of nitrogens with one attached hydrogen (secondary N) is 1. The van der Waals surface area contributed by atoms with Gasteiger partial charge >= 0.3 is 0 Å². The lowest BCUT2D eigenvalue weighted by molar-refractivity contribution is 0.0954. The Labute approximate surface area is 141 Å². The van der Waals surface area contributed by atoms with E-state index in [1.54, 1.807) is 29.1 Å². The fourth-order valence-electron chi connectivity index (χ4n) is 2.40. The summed E-state index contributed by atoms with van der Waals surface area (Å²) in [6, 6.07) is 11.0. The number of hydrogen-bond donors (Lipinski definition) is 1. The number of hydrogen-bond acceptors (Lipinski definition) is 3. The Hall–Kier alpha value is -2.47. The van der Waals surface area contributed by atoms with E-state index in [0.29, 0.717) is 17.6 Å². The molecule has 1 N–H and O–H groups in total. The standard InChI is InChI=1S/C17H14BrN3O2/c1-2-19-17(23)14-10-21(12-6-3-5-11(18)9-12)16-13(15(14)22)7-4-8-20-16/h3-10H,2H2,1H3,(H,19,23). The van der Waals surface area contributed by atoms with Crippen molar-refractivity contribution in [3.63, 3.8) is 0 Å². The van der Waals surface area contributed by atoms with E-state index in [2.05, 4.69) is 26.2 Å². The lowest BCUT2D eigenvalue weighted by Gasteiger charge is -2.12. The summed E-state index contributed by atoms with van der Waals surface area (Å²) in [5.41, 5.74) is 1.12. The van der Waals surface area contributed by atoms with Crippen molar-refractivity contribution in [1.29, 1.82) is 0 Å². The number of nitrogens with zero attached hydrogens (tertiary/aromatic N) is 2. The van der Waals surface area contributed by atoms with Gasteiger partial charge in [0.1, 0.15) is 11.2 Å². The first-order valence-electron chi connectivity index (χ1n) is 7.16. The second-order valence-electron chi connectivity index (χ2n) is 4.96. The van der Waals surface area contributed by atoms with E-state index in [4.69, 9.17) is 0 Å². The molecule has 2 aromatic heterocycles. The number of rotatable bonds is 3. The van der Waals surface area contributed by atoms with Crippen LogP contribution < -0.4 is 10.7 Å². The number of carbonyl (C=O) groups excluding carboxylic acids is 1. The number of benzene rings is 1. The van der Waals surface area contributed by atoms with Crippen LogP contribution in [0.3, 0.4) is 0 Å². The van der Waals surface area contributed by atoms with Gasteiger partial charge in [-0.25, -0.2) is 4.98 Å². The van der Waals surface area contributed by atoms with E-state index in [1.165, 1.54) is 0 Å². The highest BCUT2D eigenvalue weighted by Gasteiger charge is 2.16. The maximum Gasteiger partial charge on any atom is 0.256 e. The molecule has 3 aromatic rings. The number of amides is 1. The summed E-state index contributed by atoms with van der Waals surface area (Å²) >= 11 is 3.44. The maximum absolute atomic E-state index is 12.6. The van der Waals surface area contributed by atoms with Crippen molar-refractivity contribution in [3.05, 3.63) is 69.1 Å². The van der Waals surface area contributed by atoms with Crippen molar-refractivity contribution < 1.29 is 4.79 Å². The molecule has 0 radical (unpaired) electrons. The SMILES string of the molecule is CCNC(=O)c1cn(-c2cccc(Br)c2)c2ncccc2c1=O. The average Bonchev–Trinajstić information content (AvgIpc) is 2.55. The number of carbonyl (C=O) groups is 1. The van der Waals surface area contributed by atoms with Gasteiger partial charge < -0.3 is 9.88 Å². The van der Waals surface area contributed by atoms with Gasteiger partial charge in [0.25, 0.3) is 5.91 Å². The van der Waals surface area contributed by atoms with E-state index < -0.39 is 0 Å². The van der Waals surface area contributed by atoms with Crippen LogP contribution in [0.2, 0.25) is 0 Å². The van der Waals surface area contributed by atoms with Crippen LogP contribution in [0.4, 0.5) is 0 Å². The van der Waals surface area contributed by atoms with Crippen LogP contribution in [0.25, 0.3) is 16.7 Å². The molecule has 0 fully saturated rings. The first-order valence-corrected chi connectivity index (χ1v) is 7.95. The summed E-state index contributed by atoms with van der Waals surface area (Å²) in [5.74, 6) is -0.382. The molecular weight excluding hydrogens is 358 g/mol. The largest absolute Gasteiger partial charge is 0.352 e. The smallest absolute Gasteiger partial charge is 0.256 e. The summed E-state index contributed by atoms with van der Waals surface area (Å²) in [5, 5.41) is 3.09. The van der Waals surface area contributed by atoms with Gasteiger partial charge in [0.05, 0.1) is 5.39 Å². The summed E-state index contributed by atoms with van der Waals surface area (Å²) in [7, 11) is 0. The Morgan fingerprint density at radius 3 is 2.87 bits per heavy atom. The van der Waals surface area contributed by atoms with Crippen molar-refractivity contribution in [2.45, 2.75) is 6.92 Å². The van der Waals surface area contributed by atoms with Crippen LogP contribution in [0, 0.1) is 0 Å². The summed E-state index contributed by atoms with van der Waals surface area (Å²) < 4.78 is 2.66. The molecule has 23 heavy (non-hydrogen) atoms. The molecule has 0 aliphatic carbocycles. The minimum Gasteiger partial charge on any atom is -0.352 e. The number of halogens is 1. The Morgan fingerprint density at radius 1 is 1.30 bits per heavy atom. The average molecular weight is 372 g/mol. The molecule has 0 saturated carbocycles. The van der Waals surface area contributed by atoms with Crippen LogP contribution in [-0.4, -0.2) is 22.0 Å². The fraction of sp³-hybridized carbons (Fsp3) is 0.118. The number of pyridine rings is 2. The lowest BCUT2D eigenvalue weighted by Crippen LogP contribution is -2.29. The van der Waals surface area contributed by atoms with Crippen LogP contribution in [-0.2, 0) is 0 Å². The van der Waals surface area contributed by atoms with E-state index in [9.17, 15) is 9.59 Å². The second-order valence-corrected chi connectivity index (χ2v) is 5.87. The molecule has 116 valence electrons. The molecule has 1 aromatic carbocycles. The first kappa shape index (κ1) is 15.4. The van der Waals surface area contributed by atoms with Crippen LogP contribution >= 0.6 is 15.9 Å². The van der Waals surface area contributed by atoms with Gasteiger partial charge in [-0.15, -0.1) is 0 Å². The van der Waals surface area contributed by atoms with Crippen molar-refractivity contribution in [2.75, 3.05) is 6.54 Å². The minimum atomic E-state index is -0.382. The fourth-order valence-corrected chi connectivity index (χ4v) is 2.79. The number of fused-ring (bicyclic) bond motifs is 1. The highest BCUT2D eigenvalue weighted by Crippen LogP contribution is 2.19. The van der Waals surface area contributed by atoms with Crippen LogP contribution in [0.5, 0.6) is 0 Å². The molecule has 0 saturated heterocycles. The van der Waals surface area contributed by atoms with E-state index in [-0.39, 0.29) is 16.9 Å². The zero-order chi connectivity index (χ0) is 16.4. The zero-order valence-corrected chi connectivity index (χ0v) is 14.0. The van der Waals surface area contributed by atoms with E-state index in [1.807, 2.05) is 31.2 Å². The van der Waals surface area contributed by atoms with Gasteiger partial charge in [-0.3, -0.25) is 9.59 Å². The summed E-state index contributed by atoms with van der Waals surface area (Å²) in [6.45, 7) is 2.27. The minimum absolute atomic E-state index is 0.104. The molecule has 3 rings (SSSR count). The quantitative estimate of drug-likeness (QED) is 0.769. The maximum atomic E-state index is 12.6. The Kier molecular flexibility index (Phi) is 4.25. The van der Waals surface area contributed by atoms with Gasteiger partial charge in [0, 0.05) is 29.1 Å². The molecule has 0 unspecified atom stereocenters. The summed E-state index contributed by atoms with van der Waals surface area (Å²) in [6.07, 6.45) is 3.17. The molecule has 5 nitrogen and oxygen atoms in total. The van der Waals surface area contributed by atoms with E-state index in [0.717, 1.165) is 10.2 Å². The third-order valence-corrected chi connectivity index (χ3v) is 3.92. The summed E-state index contributed by atoms with van der Waals surface area (Å²) in [4.78, 5) is 29.1. The van der Waals surface area contributed by atoms with Gasteiger partial charge in [0.15, 0.2) is 0 Å². The normalized spacial score (nSPS) is 10.7. The topological polar surface area (TPSA) is 64.0 Å². The third-order valence-electron chi connectivity index (χ3n) is 3.43. The predicted molar refractivity (Wildman–Crippen MR) is 93.0 cm³/mol. The zero-order valence-electron chi connectivity index (χ0n) is 12.4. The van der Waals surface area contributed by atoms with Gasteiger partial charge in [-0.05, 0) is 37.3 Å². The van der Waals surface area contributed by atoms with E-state index >= 15 is 0 Å². The molecule has 6 heteroatoms. The van der Waals surface area contributed by atoms with Crippen molar-refractivity contribution >= 4 is 32.9 Å². The highest BCUT2D eigenvalue weighted by atomic mass is 79.9. The van der Waals surface area contributed by atoms with Crippen molar-refractivity contribution in [2.24, 2.45) is 0 Å². The van der Waals surface area contributed by atoms with Gasteiger partial charge in [-0.2, -0.15) is 0 Å². The Morgan fingerprint density at radius 2 is 2.13 bits per heavy atom. The predicted octanol–water partition coefficient (Wildman–Crippen LogP) is 2.90. The molecular formula is C17H14BrN3O2. The molecule has 0 atom stereocenters. The molecule has 0 bridgehead atoms. The number of aromatic nitrogens is 2. The first-order chi connectivity index (χ1) is 11.1. The third kappa shape index (κ3) is 2.90. The van der Waals surface area contributed by atoms with Crippen molar-refractivity contribution in [3.8, 4) is 5.69 Å². The molecule has 0 aliphatic rings. The highest BCUT2D eigenvalue weighted by molar-refractivity contribution is 9.10. The Bertz CT molecular complexity index is 950. The molecule has 2 heterocycles. The van der Waals surface area contributed by atoms with Crippen LogP contribution in [0.1, 0.15) is 17.3 Å². The van der Waals surface area contributed by atoms with Crippen LogP contribution in [0.15, 0.2) is 58.1 Å². The second kappa shape index (κ2) is 6.34. The van der Waals surface area contributed by atoms with Gasteiger partial charge in [0.2, 0.25) is 5.43 Å². The molecule has 0 aliphatic heterocycles. The Balaban J connectivity index is 2.34. The molecule has 1 amide bonds. The monoisotopic (exact) mass is 371 g/mol. The van der Waals surface area contributed by atoms with Crippen molar-refractivity contribution in [1.82, 2.24) is 14.9 Å². The van der Waals surface area contributed by atoms with Gasteiger partial charge in [-0.1, -0.05) is 22.0 Å². The molecule has 0 spiro atoms. The lowest BCUT2D eigenvalue weighted by atomic mass is 10.1.